The summed E-state index contributed by atoms with van der Waals surface area (Å²) in [5.41, 5.74) is 4.34. The van der Waals surface area contributed by atoms with E-state index in [1.807, 2.05) is 0 Å². The monoisotopic (exact) mass is 267 g/mol. The van der Waals surface area contributed by atoms with Crippen molar-refractivity contribution in [3.63, 3.8) is 0 Å². The van der Waals surface area contributed by atoms with Crippen LogP contribution in [-0.4, -0.2) is 17.1 Å². The summed E-state index contributed by atoms with van der Waals surface area (Å²) >= 11 is 5.70. The highest BCUT2D eigenvalue weighted by Crippen LogP contribution is 2.32. The van der Waals surface area contributed by atoms with E-state index in [0.717, 1.165) is 12.3 Å². The summed E-state index contributed by atoms with van der Waals surface area (Å²) in [5.74, 6) is 0.193. The van der Waals surface area contributed by atoms with E-state index in [2.05, 4.69) is 10.3 Å². The minimum Gasteiger partial charge on any atom is -0.367 e. The molecule has 3 N–H and O–H groups in total. The van der Waals surface area contributed by atoms with Gasteiger partial charge in [-0.05, 0) is 19.9 Å². The van der Waals surface area contributed by atoms with Crippen molar-refractivity contribution in [2.75, 3.05) is 11.9 Å². The molecule has 0 saturated heterocycles. The molecule has 0 atom stereocenters. The Kier molecular flexibility index (Phi) is 3.88. The third kappa shape index (κ3) is 4.40. The molecule has 3 nitrogen and oxygen atoms in total. The molecule has 0 spiro atoms. The lowest BCUT2D eigenvalue weighted by Crippen LogP contribution is -2.39. The number of rotatable bonds is 3. The molecule has 0 aliphatic carbocycles. The van der Waals surface area contributed by atoms with Crippen molar-refractivity contribution in [3.8, 4) is 0 Å². The molecule has 0 unspecified atom stereocenters. The number of nitrogens with two attached hydrogens (primary N) is 1. The molecule has 1 rings (SSSR count). The van der Waals surface area contributed by atoms with Crippen LogP contribution in [0.3, 0.4) is 0 Å². The van der Waals surface area contributed by atoms with Crippen LogP contribution in [0.2, 0.25) is 5.02 Å². The van der Waals surface area contributed by atoms with E-state index in [-0.39, 0.29) is 10.8 Å². The van der Waals surface area contributed by atoms with Gasteiger partial charge >= 0.3 is 6.18 Å². The third-order valence-corrected chi connectivity index (χ3v) is 2.17. The number of aromatic nitrogens is 1. The quantitative estimate of drug-likeness (QED) is 0.885. The number of hydrogen-bond acceptors (Lipinski definition) is 3. The van der Waals surface area contributed by atoms with Crippen LogP contribution < -0.4 is 11.1 Å². The minimum atomic E-state index is -4.44. The molecule has 1 heterocycles. The zero-order chi connectivity index (χ0) is 13.3. The Balaban J connectivity index is 2.84. The topological polar surface area (TPSA) is 50.9 Å². The summed E-state index contributed by atoms with van der Waals surface area (Å²) in [6.07, 6.45) is -3.71. The molecule has 0 fully saturated rings. The van der Waals surface area contributed by atoms with Crippen molar-refractivity contribution in [3.05, 3.63) is 22.8 Å². The molecule has 0 amide bonds. The molecule has 0 bridgehead atoms. The first-order valence-electron chi connectivity index (χ1n) is 4.85. The molecule has 96 valence electrons. The maximum atomic E-state index is 12.3. The Hall–Kier alpha value is -1.01. The van der Waals surface area contributed by atoms with Crippen LogP contribution in [0.15, 0.2) is 12.3 Å². The van der Waals surface area contributed by atoms with Crippen molar-refractivity contribution in [1.82, 2.24) is 4.98 Å². The van der Waals surface area contributed by atoms with E-state index < -0.39 is 17.3 Å². The van der Waals surface area contributed by atoms with Crippen LogP contribution in [0.5, 0.6) is 0 Å². The SMILES string of the molecule is CC(C)(N)CNc1ncc(C(F)(F)F)cc1Cl. The molecule has 1 aromatic heterocycles. The Bertz CT molecular complexity index is 399. The van der Waals surface area contributed by atoms with Crippen molar-refractivity contribution >= 4 is 17.4 Å². The van der Waals surface area contributed by atoms with Gasteiger partial charge in [-0.25, -0.2) is 4.98 Å². The Morgan fingerprint density at radius 2 is 2.00 bits per heavy atom. The van der Waals surface area contributed by atoms with E-state index in [1.165, 1.54) is 0 Å². The molecule has 0 aromatic carbocycles. The van der Waals surface area contributed by atoms with Gasteiger partial charge in [0.1, 0.15) is 5.82 Å². The lowest BCUT2D eigenvalue weighted by Gasteiger charge is -2.20. The van der Waals surface area contributed by atoms with Gasteiger partial charge in [-0.1, -0.05) is 11.6 Å². The average molecular weight is 268 g/mol. The van der Waals surface area contributed by atoms with Gasteiger partial charge < -0.3 is 11.1 Å². The van der Waals surface area contributed by atoms with Crippen LogP contribution in [0.4, 0.5) is 19.0 Å². The first kappa shape index (κ1) is 14.1. The van der Waals surface area contributed by atoms with Crippen molar-refractivity contribution in [2.24, 2.45) is 5.73 Å². The smallest absolute Gasteiger partial charge is 0.367 e. The molecule has 0 aliphatic heterocycles. The maximum absolute atomic E-state index is 12.3. The molecule has 0 aliphatic rings. The molecule has 0 saturated carbocycles. The second-order valence-corrected chi connectivity index (χ2v) is 4.80. The van der Waals surface area contributed by atoms with E-state index in [1.54, 1.807) is 13.8 Å². The van der Waals surface area contributed by atoms with Crippen molar-refractivity contribution < 1.29 is 13.2 Å². The Morgan fingerprint density at radius 1 is 1.41 bits per heavy atom. The number of hydrogen-bond donors (Lipinski definition) is 2. The Labute approximate surface area is 102 Å². The van der Waals surface area contributed by atoms with Gasteiger partial charge in [0, 0.05) is 18.3 Å². The number of pyridine rings is 1. The zero-order valence-corrected chi connectivity index (χ0v) is 10.2. The largest absolute Gasteiger partial charge is 0.417 e. The van der Waals surface area contributed by atoms with Gasteiger partial charge in [0.2, 0.25) is 0 Å². The van der Waals surface area contributed by atoms with Crippen molar-refractivity contribution in [1.29, 1.82) is 0 Å². The maximum Gasteiger partial charge on any atom is 0.417 e. The van der Waals surface area contributed by atoms with Gasteiger partial charge in [-0.15, -0.1) is 0 Å². The van der Waals surface area contributed by atoms with Crippen molar-refractivity contribution in [2.45, 2.75) is 25.6 Å². The molecule has 17 heavy (non-hydrogen) atoms. The Morgan fingerprint density at radius 3 is 2.41 bits per heavy atom. The molecular formula is C10H13ClF3N3. The molecular weight excluding hydrogens is 255 g/mol. The fourth-order valence-corrected chi connectivity index (χ4v) is 1.27. The van der Waals surface area contributed by atoms with E-state index >= 15 is 0 Å². The van der Waals surface area contributed by atoms with Crippen LogP contribution >= 0.6 is 11.6 Å². The van der Waals surface area contributed by atoms with Crippen LogP contribution in [0, 0.1) is 0 Å². The summed E-state index contributed by atoms with van der Waals surface area (Å²) in [6.45, 7) is 3.90. The highest BCUT2D eigenvalue weighted by Gasteiger charge is 2.31. The van der Waals surface area contributed by atoms with Gasteiger partial charge in [0.05, 0.1) is 10.6 Å². The highest BCUT2D eigenvalue weighted by atomic mass is 35.5. The normalized spacial score (nSPS) is 12.6. The number of nitrogens with one attached hydrogen (secondary N) is 1. The lowest BCUT2D eigenvalue weighted by molar-refractivity contribution is -0.137. The minimum absolute atomic E-state index is 0.0796. The first-order chi connectivity index (χ1) is 7.59. The van der Waals surface area contributed by atoms with Crippen LogP contribution in [0.25, 0.3) is 0 Å². The standard InChI is InChI=1S/C10H13ClF3N3/c1-9(2,15)5-17-8-7(11)3-6(4-16-8)10(12,13)14/h3-4H,5,15H2,1-2H3,(H,16,17). The van der Waals surface area contributed by atoms with E-state index in [9.17, 15) is 13.2 Å². The summed E-state index contributed by atoms with van der Waals surface area (Å²) in [7, 11) is 0. The van der Waals surface area contributed by atoms with Crippen LogP contribution in [-0.2, 0) is 6.18 Å². The first-order valence-corrected chi connectivity index (χ1v) is 5.23. The van der Waals surface area contributed by atoms with Crippen LogP contribution in [0.1, 0.15) is 19.4 Å². The summed E-state index contributed by atoms with van der Waals surface area (Å²) in [5, 5.41) is 2.72. The van der Waals surface area contributed by atoms with Gasteiger partial charge in [-0.3, -0.25) is 0 Å². The summed E-state index contributed by atoms with van der Waals surface area (Å²) in [6, 6.07) is 0.834. The van der Waals surface area contributed by atoms with Gasteiger partial charge in [-0.2, -0.15) is 13.2 Å². The number of halogens is 4. The lowest BCUT2D eigenvalue weighted by atomic mass is 10.1. The molecule has 7 heteroatoms. The number of nitrogens with zero attached hydrogens (tertiary/aromatic N) is 1. The third-order valence-electron chi connectivity index (χ3n) is 1.88. The highest BCUT2D eigenvalue weighted by molar-refractivity contribution is 6.32. The van der Waals surface area contributed by atoms with E-state index in [4.69, 9.17) is 17.3 Å². The number of alkyl halides is 3. The second kappa shape index (κ2) is 4.70. The fraction of sp³-hybridized carbons (Fsp3) is 0.500. The predicted octanol–water partition coefficient (Wildman–Crippen LogP) is 2.90. The summed E-state index contributed by atoms with van der Waals surface area (Å²) in [4.78, 5) is 3.63. The van der Waals surface area contributed by atoms with E-state index in [0.29, 0.717) is 6.54 Å². The number of anilines is 1. The fourth-order valence-electron chi connectivity index (χ4n) is 1.03. The van der Waals surface area contributed by atoms with Gasteiger partial charge in [0.15, 0.2) is 0 Å². The second-order valence-electron chi connectivity index (χ2n) is 4.39. The average Bonchev–Trinajstić information content (AvgIpc) is 2.12. The zero-order valence-electron chi connectivity index (χ0n) is 9.40. The molecule has 1 aromatic rings. The molecule has 0 radical (unpaired) electrons. The predicted molar refractivity (Wildman–Crippen MR) is 61.0 cm³/mol. The van der Waals surface area contributed by atoms with Gasteiger partial charge in [0.25, 0.3) is 0 Å². The summed E-state index contributed by atoms with van der Waals surface area (Å²) < 4.78 is 37.0.